The van der Waals surface area contributed by atoms with Gasteiger partial charge in [-0.2, -0.15) is 0 Å². The van der Waals surface area contributed by atoms with Gasteiger partial charge in [0.25, 0.3) is 0 Å². The zero-order valence-corrected chi connectivity index (χ0v) is 19.4. The Balaban J connectivity index is 1.95. The minimum Gasteiger partial charge on any atom is -0.494 e. The average molecular weight is 460 g/mol. The highest BCUT2D eigenvalue weighted by atomic mass is 16.5. The van der Waals surface area contributed by atoms with Crippen molar-refractivity contribution in [1.29, 1.82) is 0 Å². The number of esters is 1. The summed E-state index contributed by atoms with van der Waals surface area (Å²) in [6.07, 6.45) is 7.47. The Bertz CT molecular complexity index is 945. The van der Waals surface area contributed by atoms with Crippen LogP contribution in [0, 0.1) is 0 Å². The lowest BCUT2D eigenvalue weighted by Gasteiger charge is -2.07. The van der Waals surface area contributed by atoms with E-state index in [0.717, 1.165) is 73.6 Å². The van der Waals surface area contributed by atoms with E-state index in [1.807, 2.05) is 18.2 Å². The summed E-state index contributed by atoms with van der Waals surface area (Å²) < 4.78 is 10.9. The zero-order valence-electron chi connectivity index (χ0n) is 19.4. The minimum atomic E-state index is -0.364. The maximum Gasteiger partial charge on any atom is 0.354 e. The van der Waals surface area contributed by atoms with Crippen molar-refractivity contribution in [3.8, 4) is 5.75 Å². The van der Waals surface area contributed by atoms with Crippen LogP contribution in [0.3, 0.4) is 0 Å². The molecule has 0 spiro atoms. The number of rotatable bonds is 15. The molecule has 0 fully saturated rings. The number of unbranched alkanes of at least 4 members (excludes halogenated alkanes) is 5. The van der Waals surface area contributed by atoms with Gasteiger partial charge >= 0.3 is 5.97 Å². The largest absolute Gasteiger partial charge is 0.494 e. The van der Waals surface area contributed by atoms with Crippen LogP contribution in [-0.2, 0) is 11.2 Å². The van der Waals surface area contributed by atoms with Gasteiger partial charge in [-0.3, -0.25) is 9.98 Å². The fraction of sp³-hybridized carbons (Fsp3) is 0.522. The van der Waals surface area contributed by atoms with E-state index in [1.165, 1.54) is 7.11 Å². The number of guanidine groups is 2. The fourth-order valence-electron chi connectivity index (χ4n) is 3.62. The third kappa shape index (κ3) is 8.91. The van der Waals surface area contributed by atoms with Crippen LogP contribution in [0.2, 0.25) is 0 Å². The number of carbonyl (C=O) groups excluding carboxylic acids is 1. The number of nitrogens with zero attached hydrogens (tertiary/aromatic N) is 2. The van der Waals surface area contributed by atoms with Gasteiger partial charge in [-0.1, -0.05) is 12.8 Å². The van der Waals surface area contributed by atoms with Gasteiger partial charge in [0.15, 0.2) is 11.9 Å². The molecule has 0 saturated carbocycles. The number of methoxy groups -OCH3 is 1. The lowest BCUT2D eigenvalue weighted by Crippen LogP contribution is -2.22. The summed E-state index contributed by atoms with van der Waals surface area (Å²) in [6, 6.07) is 5.84. The van der Waals surface area contributed by atoms with Crippen molar-refractivity contribution in [2.24, 2.45) is 32.9 Å². The summed E-state index contributed by atoms with van der Waals surface area (Å²) in [7, 11) is 1.39. The van der Waals surface area contributed by atoms with E-state index in [9.17, 15) is 4.79 Å². The van der Waals surface area contributed by atoms with Crippen LogP contribution in [0.4, 0.5) is 0 Å². The Morgan fingerprint density at radius 2 is 1.55 bits per heavy atom. The summed E-state index contributed by atoms with van der Waals surface area (Å²) in [5.74, 6) is 0.664. The SMILES string of the molecule is COC(=O)c1[nH]c2ccc(OCCCCCN=C(N)N)cc2c1CCCCCCN=C(N)N. The number of carbonyl (C=O) groups is 1. The second kappa shape index (κ2) is 13.9. The number of nitrogens with one attached hydrogen (secondary N) is 1. The van der Waals surface area contributed by atoms with Crippen LogP contribution >= 0.6 is 0 Å². The van der Waals surface area contributed by atoms with Gasteiger partial charge in [0.05, 0.1) is 13.7 Å². The van der Waals surface area contributed by atoms with Crippen molar-refractivity contribution < 1.29 is 14.3 Å². The molecule has 10 nitrogen and oxygen atoms in total. The summed E-state index contributed by atoms with van der Waals surface area (Å²) >= 11 is 0. The van der Waals surface area contributed by atoms with Crippen LogP contribution < -0.4 is 27.7 Å². The number of benzene rings is 1. The maximum absolute atomic E-state index is 12.3. The van der Waals surface area contributed by atoms with Crippen molar-refractivity contribution in [2.75, 3.05) is 26.8 Å². The van der Waals surface area contributed by atoms with Gasteiger partial charge in [-0.25, -0.2) is 4.79 Å². The van der Waals surface area contributed by atoms with Gasteiger partial charge in [-0.05, 0) is 62.3 Å². The van der Waals surface area contributed by atoms with E-state index in [0.29, 0.717) is 25.4 Å². The molecule has 0 bridgehead atoms. The van der Waals surface area contributed by atoms with Gasteiger partial charge in [0, 0.05) is 24.0 Å². The fourth-order valence-corrected chi connectivity index (χ4v) is 3.62. The molecule has 10 heteroatoms. The first-order chi connectivity index (χ1) is 15.9. The quantitative estimate of drug-likeness (QED) is 0.117. The number of aromatic nitrogens is 1. The topological polar surface area (TPSA) is 180 Å². The Labute approximate surface area is 194 Å². The molecule has 1 aromatic carbocycles. The summed E-state index contributed by atoms with van der Waals surface area (Å²) in [5, 5.41) is 0.987. The molecule has 182 valence electrons. The molecule has 1 aromatic heterocycles. The highest BCUT2D eigenvalue weighted by Crippen LogP contribution is 2.29. The molecule has 0 aliphatic rings. The molecule has 0 amide bonds. The van der Waals surface area contributed by atoms with E-state index in [1.54, 1.807) is 0 Å². The molecular formula is C23H37N7O3. The smallest absolute Gasteiger partial charge is 0.354 e. The Morgan fingerprint density at radius 1 is 0.909 bits per heavy atom. The Kier molecular flexibility index (Phi) is 10.9. The molecule has 9 N–H and O–H groups in total. The molecule has 0 radical (unpaired) electrons. The van der Waals surface area contributed by atoms with Gasteiger partial charge in [0.2, 0.25) is 0 Å². The summed E-state index contributed by atoms with van der Waals surface area (Å²) in [4.78, 5) is 23.5. The molecule has 0 saturated heterocycles. The normalized spacial score (nSPS) is 10.7. The van der Waals surface area contributed by atoms with Crippen molar-refractivity contribution in [2.45, 2.75) is 51.4 Å². The van der Waals surface area contributed by atoms with Gasteiger partial charge in [0.1, 0.15) is 11.4 Å². The number of aromatic amines is 1. The van der Waals surface area contributed by atoms with Crippen LogP contribution in [0.15, 0.2) is 28.2 Å². The number of hydrogen-bond acceptors (Lipinski definition) is 5. The van der Waals surface area contributed by atoms with Crippen LogP contribution in [0.25, 0.3) is 10.9 Å². The van der Waals surface area contributed by atoms with E-state index < -0.39 is 0 Å². The molecule has 0 aliphatic carbocycles. The molecule has 2 rings (SSSR count). The number of hydrogen-bond donors (Lipinski definition) is 5. The van der Waals surface area contributed by atoms with Crippen LogP contribution in [0.1, 0.15) is 61.0 Å². The molecule has 33 heavy (non-hydrogen) atoms. The third-order valence-corrected chi connectivity index (χ3v) is 5.26. The summed E-state index contributed by atoms with van der Waals surface area (Å²) in [5.41, 5.74) is 23.7. The second-order valence-corrected chi connectivity index (χ2v) is 7.86. The third-order valence-electron chi connectivity index (χ3n) is 5.26. The Hall–Kier alpha value is -3.43. The number of nitrogens with two attached hydrogens (primary N) is 4. The van der Waals surface area contributed by atoms with Crippen molar-refractivity contribution >= 4 is 28.8 Å². The number of ether oxygens (including phenoxy) is 2. The number of fused-ring (bicyclic) bond motifs is 1. The highest BCUT2D eigenvalue weighted by Gasteiger charge is 2.18. The van der Waals surface area contributed by atoms with E-state index in [2.05, 4.69) is 15.0 Å². The number of H-pyrrole nitrogens is 1. The molecule has 0 unspecified atom stereocenters. The van der Waals surface area contributed by atoms with Crippen molar-refractivity contribution in [1.82, 2.24) is 4.98 Å². The molecule has 2 aromatic rings. The average Bonchev–Trinajstić information content (AvgIpc) is 3.14. The van der Waals surface area contributed by atoms with E-state index in [-0.39, 0.29) is 17.9 Å². The lowest BCUT2D eigenvalue weighted by atomic mass is 10.0. The minimum absolute atomic E-state index is 0.124. The first-order valence-corrected chi connectivity index (χ1v) is 11.4. The number of aliphatic imine (C=N–C) groups is 2. The second-order valence-electron chi connectivity index (χ2n) is 7.86. The highest BCUT2D eigenvalue weighted by molar-refractivity contribution is 5.98. The first kappa shape index (κ1) is 25.8. The standard InChI is InChI=1S/C23H37N7O3/c1-32-21(31)20-17(9-5-2-3-6-12-28-22(24)25)18-15-16(10-11-19(18)30-20)33-14-8-4-7-13-29-23(26)27/h10-11,15,30H,2-9,12-14H2,1H3,(H4,24,25,28)(H4,26,27,29). The lowest BCUT2D eigenvalue weighted by molar-refractivity contribution is 0.0594. The number of aryl methyl sites for hydroxylation is 1. The van der Waals surface area contributed by atoms with Gasteiger partial charge in [-0.15, -0.1) is 0 Å². The zero-order chi connectivity index (χ0) is 24.1. The van der Waals surface area contributed by atoms with Crippen LogP contribution in [0.5, 0.6) is 5.75 Å². The summed E-state index contributed by atoms with van der Waals surface area (Å²) in [6.45, 7) is 1.87. The molecule has 1 heterocycles. The maximum atomic E-state index is 12.3. The van der Waals surface area contributed by atoms with E-state index in [4.69, 9.17) is 32.4 Å². The Morgan fingerprint density at radius 3 is 2.18 bits per heavy atom. The van der Waals surface area contributed by atoms with Crippen LogP contribution in [-0.4, -0.2) is 49.7 Å². The van der Waals surface area contributed by atoms with Crippen molar-refractivity contribution in [3.05, 3.63) is 29.5 Å². The van der Waals surface area contributed by atoms with E-state index >= 15 is 0 Å². The predicted octanol–water partition coefficient (Wildman–Crippen LogP) is 2.15. The first-order valence-electron chi connectivity index (χ1n) is 11.4. The molecule has 0 aliphatic heterocycles. The van der Waals surface area contributed by atoms with Gasteiger partial charge < -0.3 is 37.4 Å². The predicted molar refractivity (Wildman–Crippen MR) is 133 cm³/mol. The monoisotopic (exact) mass is 459 g/mol. The molecular weight excluding hydrogens is 422 g/mol. The van der Waals surface area contributed by atoms with Crippen molar-refractivity contribution in [3.63, 3.8) is 0 Å². The molecule has 0 atom stereocenters.